The number of nitrogens with two attached hydrogens (primary N) is 1. The molecule has 1 heterocycles. The molecule has 0 bridgehead atoms. The van der Waals surface area contributed by atoms with E-state index >= 15 is 0 Å². The Balaban J connectivity index is 0.00000338. The number of benzene rings is 1. The molecular formula is C19H33Cl2FN4O. The highest BCUT2D eigenvalue weighted by atomic mass is 35.5. The number of carbonyl (C=O) groups is 1. The van der Waals surface area contributed by atoms with Gasteiger partial charge >= 0.3 is 0 Å². The van der Waals surface area contributed by atoms with Gasteiger partial charge in [-0.1, -0.05) is 13.8 Å². The zero-order valence-corrected chi connectivity index (χ0v) is 18.0. The normalized spacial score (nSPS) is 16.9. The molecule has 1 aromatic rings. The fourth-order valence-electron chi connectivity index (χ4n) is 3.29. The third-order valence-electron chi connectivity index (χ3n) is 4.82. The smallest absolute Gasteiger partial charge is 0.237 e. The lowest BCUT2D eigenvalue weighted by Gasteiger charge is -2.39. The lowest BCUT2D eigenvalue weighted by atomic mass is 10.0. The molecule has 3 N–H and O–H groups in total. The standard InChI is InChI=1S/C19H31FN4O.2ClH/c1-14(2)12-17(13-21)22-19(25)15(3)23-8-10-24(11-9-23)18-6-4-16(20)5-7-18;;/h4-7,14-15,17H,8-13,21H2,1-3H3,(H,22,25);2*1H. The van der Waals surface area contributed by atoms with Crippen molar-refractivity contribution in [3.63, 3.8) is 0 Å². The average Bonchev–Trinajstić information content (AvgIpc) is 2.61. The van der Waals surface area contributed by atoms with Gasteiger partial charge in [-0.25, -0.2) is 4.39 Å². The van der Waals surface area contributed by atoms with E-state index in [1.165, 1.54) is 12.1 Å². The Bertz CT molecular complexity index is 551. The van der Waals surface area contributed by atoms with Gasteiger partial charge in [-0.15, -0.1) is 24.8 Å². The van der Waals surface area contributed by atoms with Crippen LogP contribution in [0.2, 0.25) is 0 Å². The molecule has 1 saturated heterocycles. The summed E-state index contributed by atoms with van der Waals surface area (Å²) < 4.78 is 13.0. The fourth-order valence-corrected chi connectivity index (χ4v) is 3.29. The molecule has 2 unspecified atom stereocenters. The van der Waals surface area contributed by atoms with Crippen molar-refractivity contribution < 1.29 is 9.18 Å². The van der Waals surface area contributed by atoms with Crippen LogP contribution in [0.5, 0.6) is 0 Å². The summed E-state index contributed by atoms with van der Waals surface area (Å²) in [6.45, 7) is 9.96. The third-order valence-corrected chi connectivity index (χ3v) is 4.82. The first-order chi connectivity index (χ1) is 11.9. The molecule has 27 heavy (non-hydrogen) atoms. The summed E-state index contributed by atoms with van der Waals surface area (Å²) in [6, 6.07) is 6.45. The molecule has 1 aromatic carbocycles. The van der Waals surface area contributed by atoms with Gasteiger partial charge in [0, 0.05) is 44.5 Å². The van der Waals surface area contributed by atoms with E-state index in [4.69, 9.17) is 5.73 Å². The highest BCUT2D eigenvalue weighted by molar-refractivity contribution is 5.85. The second kappa shape index (κ2) is 12.4. The van der Waals surface area contributed by atoms with E-state index in [-0.39, 0.29) is 48.6 Å². The molecule has 0 radical (unpaired) electrons. The molecule has 2 rings (SSSR count). The second-order valence-corrected chi connectivity index (χ2v) is 7.25. The Morgan fingerprint density at radius 1 is 1.11 bits per heavy atom. The maximum Gasteiger partial charge on any atom is 0.237 e. The SMILES string of the molecule is CC(C)CC(CN)NC(=O)C(C)N1CCN(c2ccc(F)cc2)CC1.Cl.Cl. The van der Waals surface area contributed by atoms with Crippen LogP contribution < -0.4 is 16.0 Å². The predicted molar refractivity (Wildman–Crippen MR) is 115 cm³/mol. The van der Waals surface area contributed by atoms with Crippen LogP contribution in [0.4, 0.5) is 10.1 Å². The van der Waals surface area contributed by atoms with Crippen LogP contribution in [0, 0.1) is 11.7 Å². The minimum Gasteiger partial charge on any atom is -0.369 e. The molecule has 0 spiro atoms. The Labute approximate surface area is 174 Å². The van der Waals surface area contributed by atoms with E-state index in [1.807, 2.05) is 6.92 Å². The Morgan fingerprint density at radius 3 is 2.15 bits per heavy atom. The minimum atomic E-state index is -0.219. The van der Waals surface area contributed by atoms with Gasteiger partial charge in [-0.3, -0.25) is 9.69 Å². The highest BCUT2D eigenvalue weighted by Gasteiger charge is 2.26. The molecule has 0 aliphatic carbocycles. The Kier molecular flexibility index (Phi) is 11.9. The topological polar surface area (TPSA) is 61.6 Å². The molecule has 0 saturated carbocycles. The number of piperazine rings is 1. The van der Waals surface area contributed by atoms with Crippen LogP contribution in [0.15, 0.2) is 24.3 Å². The maximum atomic E-state index is 13.0. The van der Waals surface area contributed by atoms with Crippen LogP contribution in [0.1, 0.15) is 27.2 Å². The summed E-state index contributed by atoms with van der Waals surface area (Å²) in [5.74, 6) is 0.332. The Hall–Kier alpha value is -1.08. The number of nitrogens with one attached hydrogen (secondary N) is 1. The quantitative estimate of drug-likeness (QED) is 0.708. The van der Waals surface area contributed by atoms with E-state index in [1.54, 1.807) is 12.1 Å². The molecule has 5 nitrogen and oxygen atoms in total. The zero-order chi connectivity index (χ0) is 18.4. The van der Waals surface area contributed by atoms with Gasteiger partial charge in [-0.05, 0) is 43.5 Å². The molecule has 2 atom stereocenters. The van der Waals surface area contributed by atoms with Gasteiger partial charge in [-0.2, -0.15) is 0 Å². The second-order valence-electron chi connectivity index (χ2n) is 7.25. The Morgan fingerprint density at radius 2 is 1.67 bits per heavy atom. The van der Waals surface area contributed by atoms with Crippen LogP contribution in [0.3, 0.4) is 0 Å². The molecule has 1 fully saturated rings. The number of halogens is 3. The lowest BCUT2D eigenvalue weighted by molar-refractivity contribution is -0.126. The number of amides is 1. The molecule has 8 heteroatoms. The first-order valence-corrected chi connectivity index (χ1v) is 9.15. The van der Waals surface area contributed by atoms with Crippen molar-refractivity contribution in [3.05, 3.63) is 30.1 Å². The van der Waals surface area contributed by atoms with Gasteiger partial charge in [0.15, 0.2) is 0 Å². The minimum absolute atomic E-state index is 0. The van der Waals surface area contributed by atoms with Crippen molar-refractivity contribution in [1.82, 2.24) is 10.2 Å². The molecule has 1 aliphatic rings. The monoisotopic (exact) mass is 422 g/mol. The lowest BCUT2D eigenvalue weighted by Crippen LogP contribution is -2.55. The van der Waals surface area contributed by atoms with Gasteiger partial charge in [0.25, 0.3) is 0 Å². The van der Waals surface area contributed by atoms with Gasteiger partial charge in [0.2, 0.25) is 5.91 Å². The number of hydrogen-bond donors (Lipinski definition) is 2. The highest BCUT2D eigenvalue weighted by Crippen LogP contribution is 2.18. The molecule has 0 aromatic heterocycles. The molecule has 1 amide bonds. The van der Waals surface area contributed by atoms with E-state index in [9.17, 15) is 9.18 Å². The van der Waals surface area contributed by atoms with Crippen LogP contribution in [-0.4, -0.2) is 55.6 Å². The molecule has 1 aliphatic heterocycles. The van der Waals surface area contributed by atoms with Gasteiger partial charge in [0.1, 0.15) is 5.82 Å². The third kappa shape index (κ3) is 7.82. The van der Waals surface area contributed by atoms with Crippen molar-refractivity contribution in [2.45, 2.75) is 39.3 Å². The summed E-state index contributed by atoms with van der Waals surface area (Å²) in [5, 5.41) is 3.08. The van der Waals surface area contributed by atoms with Gasteiger partial charge < -0.3 is 16.0 Å². The van der Waals surface area contributed by atoms with E-state index in [2.05, 4.69) is 29.0 Å². The number of carbonyl (C=O) groups excluding carboxylic acids is 1. The molecule has 156 valence electrons. The average molecular weight is 423 g/mol. The van der Waals surface area contributed by atoms with E-state index < -0.39 is 0 Å². The first-order valence-electron chi connectivity index (χ1n) is 9.15. The van der Waals surface area contributed by atoms with Crippen LogP contribution in [0.25, 0.3) is 0 Å². The van der Waals surface area contributed by atoms with Crippen molar-refractivity contribution in [3.8, 4) is 0 Å². The van der Waals surface area contributed by atoms with E-state index in [0.29, 0.717) is 12.5 Å². The van der Waals surface area contributed by atoms with Crippen molar-refractivity contribution in [2.75, 3.05) is 37.6 Å². The summed E-state index contributed by atoms with van der Waals surface area (Å²) in [6.07, 6.45) is 0.896. The van der Waals surface area contributed by atoms with Crippen molar-refractivity contribution >= 4 is 36.4 Å². The summed E-state index contributed by atoms with van der Waals surface area (Å²) >= 11 is 0. The van der Waals surface area contributed by atoms with Crippen molar-refractivity contribution in [1.29, 1.82) is 0 Å². The molecular weight excluding hydrogens is 390 g/mol. The largest absolute Gasteiger partial charge is 0.369 e. The fraction of sp³-hybridized carbons (Fsp3) is 0.632. The first kappa shape index (κ1) is 25.9. The van der Waals surface area contributed by atoms with Crippen LogP contribution in [-0.2, 0) is 4.79 Å². The number of hydrogen-bond acceptors (Lipinski definition) is 4. The summed E-state index contributed by atoms with van der Waals surface area (Å²) in [7, 11) is 0. The number of anilines is 1. The summed E-state index contributed by atoms with van der Waals surface area (Å²) in [5.41, 5.74) is 6.81. The van der Waals surface area contributed by atoms with Gasteiger partial charge in [0.05, 0.1) is 6.04 Å². The maximum absolute atomic E-state index is 13.0. The van der Waals surface area contributed by atoms with E-state index in [0.717, 1.165) is 38.3 Å². The predicted octanol–water partition coefficient (Wildman–Crippen LogP) is 2.67. The summed E-state index contributed by atoms with van der Waals surface area (Å²) in [4.78, 5) is 16.9. The van der Waals surface area contributed by atoms with Crippen LogP contribution >= 0.6 is 24.8 Å². The van der Waals surface area contributed by atoms with Crippen molar-refractivity contribution in [2.24, 2.45) is 11.7 Å². The zero-order valence-electron chi connectivity index (χ0n) is 16.4. The number of rotatable bonds is 7. The number of nitrogens with zero attached hydrogens (tertiary/aromatic N) is 2.